The summed E-state index contributed by atoms with van der Waals surface area (Å²) in [5.41, 5.74) is 1.45. The lowest BCUT2D eigenvalue weighted by molar-refractivity contribution is -0.149. The summed E-state index contributed by atoms with van der Waals surface area (Å²) in [5, 5.41) is 7.53. The molecule has 4 saturated carbocycles. The predicted octanol–water partition coefficient (Wildman–Crippen LogP) is 3.20. The molecule has 5 fully saturated rings. The Labute approximate surface area is 173 Å². The van der Waals surface area contributed by atoms with E-state index in [1.54, 1.807) is 0 Å². The van der Waals surface area contributed by atoms with Crippen LogP contribution in [0.3, 0.4) is 0 Å². The first kappa shape index (κ1) is 18.9. The Morgan fingerprint density at radius 2 is 1.79 bits per heavy atom. The minimum absolute atomic E-state index is 0.146. The third-order valence-electron chi connectivity index (χ3n) is 7.92. The molecule has 2 unspecified atom stereocenters. The smallest absolute Gasteiger partial charge is 0.226 e. The molecule has 2 N–H and O–H groups in total. The molecule has 1 aromatic carbocycles. The Balaban J connectivity index is 1.30. The van der Waals surface area contributed by atoms with Gasteiger partial charge in [-0.3, -0.25) is 9.69 Å². The van der Waals surface area contributed by atoms with E-state index in [9.17, 15) is 4.79 Å². The summed E-state index contributed by atoms with van der Waals surface area (Å²) in [6.45, 7) is 6.05. The van der Waals surface area contributed by atoms with Crippen molar-refractivity contribution in [3.05, 3.63) is 34.9 Å². The van der Waals surface area contributed by atoms with Crippen molar-refractivity contribution in [3.8, 4) is 0 Å². The molecule has 4 bridgehead atoms. The Morgan fingerprint density at radius 3 is 2.46 bits per heavy atom. The van der Waals surface area contributed by atoms with Crippen molar-refractivity contribution < 1.29 is 4.79 Å². The van der Waals surface area contributed by atoms with Crippen LogP contribution in [0.2, 0.25) is 5.02 Å². The highest BCUT2D eigenvalue weighted by molar-refractivity contribution is 6.30. The highest BCUT2D eigenvalue weighted by Gasteiger charge is 2.60. The lowest BCUT2D eigenvalue weighted by Gasteiger charge is -2.61. The molecule has 152 valence electrons. The fraction of sp³-hybridized carbons (Fsp3) is 0.696. The summed E-state index contributed by atoms with van der Waals surface area (Å²) in [6.07, 6.45) is 7.04. The number of hydrogen-bond donors (Lipinski definition) is 2. The van der Waals surface area contributed by atoms with E-state index < -0.39 is 0 Å². The fourth-order valence-electron chi connectivity index (χ4n) is 7.12. The lowest BCUT2D eigenvalue weighted by Crippen LogP contribution is -2.59. The van der Waals surface area contributed by atoms with Crippen LogP contribution >= 0.6 is 11.6 Å². The third-order valence-corrected chi connectivity index (χ3v) is 8.17. The van der Waals surface area contributed by atoms with Crippen molar-refractivity contribution in [1.29, 1.82) is 0 Å². The van der Waals surface area contributed by atoms with Crippen LogP contribution < -0.4 is 10.6 Å². The Bertz CT molecular complexity index is 714. The van der Waals surface area contributed by atoms with E-state index >= 15 is 0 Å². The second-order valence-corrected chi connectivity index (χ2v) is 10.3. The number of hydrogen-bond acceptors (Lipinski definition) is 3. The topological polar surface area (TPSA) is 44.4 Å². The van der Waals surface area contributed by atoms with Gasteiger partial charge in [0.1, 0.15) is 0 Å². The zero-order valence-corrected chi connectivity index (χ0v) is 17.4. The SMILES string of the molecule is O=C(NCCN1CCNCC1)C12CC3CC(C1)CC(c1ccc(Cl)cc1)(C3)C2. The van der Waals surface area contributed by atoms with Crippen LogP contribution in [0, 0.1) is 17.3 Å². The number of nitrogens with zero attached hydrogens (tertiary/aromatic N) is 1. The summed E-state index contributed by atoms with van der Waals surface area (Å²) in [6, 6.07) is 8.47. The quantitative estimate of drug-likeness (QED) is 0.796. The summed E-state index contributed by atoms with van der Waals surface area (Å²) >= 11 is 6.15. The zero-order valence-electron chi connectivity index (χ0n) is 16.7. The minimum atomic E-state index is -0.146. The summed E-state index contributed by atoms with van der Waals surface area (Å²) < 4.78 is 0. The van der Waals surface area contributed by atoms with Crippen molar-refractivity contribution in [2.24, 2.45) is 17.3 Å². The van der Waals surface area contributed by atoms with Gasteiger partial charge in [0.25, 0.3) is 0 Å². The molecule has 4 aliphatic carbocycles. The van der Waals surface area contributed by atoms with E-state index in [-0.39, 0.29) is 10.8 Å². The van der Waals surface area contributed by atoms with Gasteiger partial charge < -0.3 is 10.6 Å². The van der Waals surface area contributed by atoms with Crippen molar-refractivity contribution in [2.45, 2.75) is 43.9 Å². The number of piperazine rings is 1. The zero-order chi connectivity index (χ0) is 19.2. The molecule has 5 heteroatoms. The molecule has 2 atom stereocenters. The first-order chi connectivity index (χ1) is 13.6. The molecule has 1 saturated heterocycles. The molecule has 1 aliphatic heterocycles. The second kappa shape index (κ2) is 7.30. The fourth-order valence-corrected chi connectivity index (χ4v) is 7.25. The maximum Gasteiger partial charge on any atom is 0.226 e. The van der Waals surface area contributed by atoms with Gasteiger partial charge in [-0.25, -0.2) is 0 Å². The molecule has 0 spiro atoms. The molecule has 28 heavy (non-hydrogen) atoms. The summed E-state index contributed by atoms with van der Waals surface area (Å²) in [4.78, 5) is 15.9. The van der Waals surface area contributed by atoms with Gasteiger partial charge in [0, 0.05) is 44.3 Å². The highest BCUT2D eigenvalue weighted by Crippen LogP contribution is 2.65. The van der Waals surface area contributed by atoms with Crippen LogP contribution in [0.25, 0.3) is 0 Å². The van der Waals surface area contributed by atoms with E-state index in [2.05, 4.69) is 27.7 Å². The highest BCUT2D eigenvalue weighted by atomic mass is 35.5. The molecule has 0 aromatic heterocycles. The van der Waals surface area contributed by atoms with Gasteiger partial charge in [-0.15, -0.1) is 0 Å². The number of carbonyl (C=O) groups is 1. The van der Waals surface area contributed by atoms with Gasteiger partial charge in [-0.2, -0.15) is 0 Å². The van der Waals surface area contributed by atoms with Gasteiger partial charge >= 0.3 is 0 Å². The van der Waals surface area contributed by atoms with E-state index in [0.717, 1.165) is 63.6 Å². The van der Waals surface area contributed by atoms with Gasteiger partial charge in [0.15, 0.2) is 0 Å². The largest absolute Gasteiger partial charge is 0.354 e. The molecule has 1 aromatic rings. The molecule has 1 heterocycles. The van der Waals surface area contributed by atoms with Crippen molar-refractivity contribution in [1.82, 2.24) is 15.5 Å². The third kappa shape index (κ3) is 3.38. The summed E-state index contributed by atoms with van der Waals surface area (Å²) in [7, 11) is 0. The van der Waals surface area contributed by atoms with Gasteiger partial charge in [-0.1, -0.05) is 23.7 Å². The first-order valence-corrected chi connectivity index (χ1v) is 11.4. The summed E-state index contributed by atoms with van der Waals surface area (Å²) in [5.74, 6) is 1.74. The van der Waals surface area contributed by atoms with Crippen LogP contribution in [0.4, 0.5) is 0 Å². The number of carbonyl (C=O) groups excluding carboxylic acids is 1. The van der Waals surface area contributed by atoms with Crippen molar-refractivity contribution >= 4 is 17.5 Å². The Kier molecular flexibility index (Phi) is 4.93. The number of halogens is 1. The molecular weight excluding hydrogens is 370 g/mol. The van der Waals surface area contributed by atoms with E-state index in [1.165, 1.54) is 24.8 Å². The normalized spacial score (nSPS) is 37.2. The monoisotopic (exact) mass is 401 g/mol. The number of amides is 1. The molecular formula is C23H32ClN3O. The predicted molar refractivity (Wildman–Crippen MR) is 113 cm³/mol. The first-order valence-electron chi connectivity index (χ1n) is 11.0. The van der Waals surface area contributed by atoms with Crippen molar-refractivity contribution in [3.63, 3.8) is 0 Å². The number of benzene rings is 1. The maximum absolute atomic E-state index is 13.4. The van der Waals surface area contributed by atoms with Crippen LogP contribution in [-0.4, -0.2) is 50.1 Å². The molecule has 0 radical (unpaired) electrons. The maximum atomic E-state index is 13.4. The van der Waals surface area contributed by atoms with Crippen molar-refractivity contribution in [2.75, 3.05) is 39.3 Å². The van der Waals surface area contributed by atoms with Crippen LogP contribution in [0.1, 0.15) is 44.1 Å². The Hall–Kier alpha value is -1.10. The van der Waals surface area contributed by atoms with Gasteiger partial charge in [0.2, 0.25) is 5.91 Å². The van der Waals surface area contributed by atoms with Crippen LogP contribution in [-0.2, 0) is 10.2 Å². The number of rotatable bonds is 5. The van der Waals surface area contributed by atoms with Gasteiger partial charge in [-0.05, 0) is 73.5 Å². The molecule has 5 aliphatic rings. The van der Waals surface area contributed by atoms with E-state index in [1.807, 2.05) is 12.1 Å². The van der Waals surface area contributed by atoms with Crippen LogP contribution in [0.15, 0.2) is 24.3 Å². The number of nitrogens with one attached hydrogen (secondary N) is 2. The minimum Gasteiger partial charge on any atom is -0.354 e. The molecule has 4 nitrogen and oxygen atoms in total. The Morgan fingerprint density at radius 1 is 1.11 bits per heavy atom. The average molecular weight is 402 g/mol. The lowest BCUT2D eigenvalue weighted by atomic mass is 9.42. The van der Waals surface area contributed by atoms with E-state index in [4.69, 9.17) is 11.6 Å². The van der Waals surface area contributed by atoms with Crippen LogP contribution in [0.5, 0.6) is 0 Å². The molecule has 1 amide bonds. The van der Waals surface area contributed by atoms with E-state index in [0.29, 0.717) is 17.7 Å². The average Bonchev–Trinajstić information content (AvgIpc) is 2.68. The molecule has 6 rings (SSSR count). The standard InChI is InChI=1S/C23H32ClN3O/c24-20-3-1-19(2-4-20)22-12-17-11-18(13-22)15-23(14-17,16-22)21(28)26-7-10-27-8-5-25-6-9-27/h1-4,17-18,25H,5-16H2,(H,26,28). The second-order valence-electron chi connectivity index (χ2n) is 9.88. The van der Waals surface area contributed by atoms with Gasteiger partial charge in [0.05, 0.1) is 5.41 Å².